The van der Waals surface area contributed by atoms with Crippen LogP contribution in [0.3, 0.4) is 0 Å². The van der Waals surface area contributed by atoms with Gasteiger partial charge in [-0.2, -0.15) is 0 Å². The Morgan fingerprint density at radius 2 is 1.90 bits per heavy atom. The fraction of sp³-hybridized carbons (Fsp3) is 0.133. The molecule has 3 nitrogen and oxygen atoms in total. The van der Waals surface area contributed by atoms with Crippen LogP contribution in [0.25, 0.3) is 0 Å². The van der Waals surface area contributed by atoms with E-state index in [4.69, 9.17) is 0 Å². The van der Waals surface area contributed by atoms with Crippen molar-refractivity contribution in [2.45, 2.75) is 12.5 Å². The van der Waals surface area contributed by atoms with Gasteiger partial charge in [-0.1, -0.05) is 34.1 Å². The molecule has 0 aliphatic heterocycles. The van der Waals surface area contributed by atoms with Crippen LogP contribution in [0.5, 0.6) is 0 Å². The number of carboxylic acids is 1. The van der Waals surface area contributed by atoms with Gasteiger partial charge < -0.3 is 10.4 Å². The molecule has 20 heavy (non-hydrogen) atoms. The van der Waals surface area contributed by atoms with Crippen LogP contribution < -0.4 is 5.32 Å². The van der Waals surface area contributed by atoms with E-state index in [1.807, 2.05) is 6.07 Å². The SMILES string of the molecule is CC(Nc1ccccc1)(C(=O)O)c1cc(Br)ccc1F. The van der Waals surface area contributed by atoms with Gasteiger partial charge in [-0.3, -0.25) is 0 Å². The Morgan fingerprint density at radius 3 is 2.50 bits per heavy atom. The van der Waals surface area contributed by atoms with E-state index in [1.165, 1.54) is 25.1 Å². The number of rotatable bonds is 4. The van der Waals surface area contributed by atoms with Gasteiger partial charge in [0, 0.05) is 15.7 Å². The van der Waals surface area contributed by atoms with E-state index in [9.17, 15) is 14.3 Å². The highest BCUT2D eigenvalue weighted by atomic mass is 79.9. The van der Waals surface area contributed by atoms with E-state index >= 15 is 0 Å². The molecule has 5 heteroatoms. The molecule has 0 bridgehead atoms. The zero-order chi connectivity index (χ0) is 14.8. The number of nitrogens with one attached hydrogen (secondary N) is 1. The Hall–Kier alpha value is -1.88. The number of halogens is 2. The second-order valence-corrected chi connectivity index (χ2v) is 5.46. The Morgan fingerprint density at radius 1 is 1.25 bits per heavy atom. The van der Waals surface area contributed by atoms with Gasteiger partial charge in [0.2, 0.25) is 0 Å². The number of carboxylic acid groups (broad SMARTS) is 1. The maximum absolute atomic E-state index is 14.0. The molecule has 0 amide bonds. The van der Waals surface area contributed by atoms with Crippen LogP contribution >= 0.6 is 15.9 Å². The summed E-state index contributed by atoms with van der Waals surface area (Å²) in [6.07, 6.45) is 0. The summed E-state index contributed by atoms with van der Waals surface area (Å²) in [7, 11) is 0. The summed E-state index contributed by atoms with van der Waals surface area (Å²) < 4.78 is 14.6. The molecule has 0 aliphatic carbocycles. The number of anilines is 1. The second-order valence-electron chi connectivity index (χ2n) is 4.55. The zero-order valence-corrected chi connectivity index (χ0v) is 12.3. The van der Waals surface area contributed by atoms with E-state index in [2.05, 4.69) is 21.2 Å². The maximum atomic E-state index is 14.0. The van der Waals surface area contributed by atoms with Gasteiger partial charge in [0.1, 0.15) is 5.82 Å². The first kappa shape index (κ1) is 14.5. The third-order valence-corrected chi connectivity index (χ3v) is 3.56. The van der Waals surface area contributed by atoms with Crippen molar-refractivity contribution in [3.05, 3.63) is 64.4 Å². The summed E-state index contributed by atoms with van der Waals surface area (Å²) in [5, 5.41) is 12.4. The van der Waals surface area contributed by atoms with Crippen molar-refractivity contribution in [2.24, 2.45) is 0 Å². The molecule has 2 rings (SSSR count). The Balaban J connectivity index is 2.49. The van der Waals surface area contributed by atoms with Crippen molar-refractivity contribution in [3.63, 3.8) is 0 Å². The lowest BCUT2D eigenvalue weighted by Crippen LogP contribution is -2.41. The summed E-state index contributed by atoms with van der Waals surface area (Å²) in [5.74, 6) is -1.72. The topological polar surface area (TPSA) is 49.3 Å². The van der Waals surface area contributed by atoms with Crippen molar-refractivity contribution < 1.29 is 14.3 Å². The molecular weight excluding hydrogens is 325 g/mol. The molecule has 0 spiro atoms. The number of carbonyl (C=O) groups is 1. The zero-order valence-electron chi connectivity index (χ0n) is 10.7. The molecule has 0 saturated carbocycles. The highest BCUT2D eigenvalue weighted by Gasteiger charge is 2.37. The van der Waals surface area contributed by atoms with Crippen LogP contribution in [-0.2, 0) is 10.3 Å². The van der Waals surface area contributed by atoms with Gasteiger partial charge in [-0.05, 0) is 37.3 Å². The third kappa shape index (κ3) is 2.82. The van der Waals surface area contributed by atoms with Gasteiger partial charge >= 0.3 is 5.97 Å². The van der Waals surface area contributed by atoms with Gasteiger partial charge in [-0.25, -0.2) is 9.18 Å². The lowest BCUT2D eigenvalue weighted by molar-refractivity contribution is -0.142. The van der Waals surface area contributed by atoms with Crippen molar-refractivity contribution in [1.29, 1.82) is 0 Å². The average molecular weight is 338 g/mol. The normalized spacial score (nSPS) is 13.6. The summed E-state index contributed by atoms with van der Waals surface area (Å²) in [4.78, 5) is 11.6. The molecule has 2 N–H and O–H groups in total. The van der Waals surface area contributed by atoms with E-state index in [0.29, 0.717) is 10.2 Å². The first-order valence-electron chi connectivity index (χ1n) is 5.95. The molecule has 0 radical (unpaired) electrons. The summed E-state index contributed by atoms with van der Waals surface area (Å²) in [6.45, 7) is 1.44. The van der Waals surface area contributed by atoms with Crippen LogP contribution in [0.1, 0.15) is 12.5 Å². The Bertz CT molecular complexity index is 633. The molecule has 0 aliphatic rings. The molecule has 104 valence electrons. The molecule has 2 aromatic rings. The van der Waals surface area contributed by atoms with Crippen molar-refractivity contribution in [2.75, 3.05) is 5.32 Å². The monoisotopic (exact) mass is 337 g/mol. The number of aliphatic carboxylic acids is 1. The van der Waals surface area contributed by atoms with Crippen LogP contribution in [0.15, 0.2) is 53.0 Å². The van der Waals surface area contributed by atoms with Gasteiger partial charge in [-0.15, -0.1) is 0 Å². The van der Waals surface area contributed by atoms with Crippen LogP contribution in [-0.4, -0.2) is 11.1 Å². The number of hydrogen-bond acceptors (Lipinski definition) is 2. The van der Waals surface area contributed by atoms with Gasteiger partial charge in [0.05, 0.1) is 0 Å². The van der Waals surface area contributed by atoms with Crippen molar-refractivity contribution in [3.8, 4) is 0 Å². The molecule has 0 aromatic heterocycles. The number of para-hydroxylation sites is 1. The smallest absolute Gasteiger partial charge is 0.333 e. The highest BCUT2D eigenvalue weighted by Crippen LogP contribution is 2.30. The van der Waals surface area contributed by atoms with Crippen LogP contribution in [0.2, 0.25) is 0 Å². The molecule has 1 unspecified atom stereocenters. The van der Waals surface area contributed by atoms with E-state index in [-0.39, 0.29) is 5.56 Å². The lowest BCUT2D eigenvalue weighted by atomic mass is 9.91. The minimum Gasteiger partial charge on any atom is -0.479 e. The molecule has 0 heterocycles. The van der Waals surface area contributed by atoms with Crippen LogP contribution in [0.4, 0.5) is 10.1 Å². The highest BCUT2D eigenvalue weighted by molar-refractivity contribution is 9.10. The molecule has 1 atom stereocenters. The molecule has 0 saturated heterocycles. The number of hydrogen-bond donors (Lipinski definition) is 2. The molecule has 0 fully saturated rings. The summed E-state index contributed by atoms with van der Waals surface area (Å²) >= 11 is 3.24. The first-order valence-corrected chi connectivity index (χ1v) is 6.75. The summed E-state index contributed by atoms with van der Waals surface area (Å²) in [5.41, 5.74) is -0.880. The Kier molecular flexibility index (Phi) is 4.09. The lowest BCUT2D eigenvalue weighted by Gasteiger charge is -2.28. The first-order chi connectivity index (χ1) is 9.43. The fourth-order valence-electron chi connectivity index (χ4n) is 1.93. The quantitative estimate of drug-likeness (QED) is 0.886. The average Bonchev–Trinajstić information content (AvgIpc) is 2.42. The minimum atomic E-state index is -1.56. The van der Waals surface area contributed by atoms with Crippen molar-refractivity contribution in [1.82, 2.24) is 0 Å². The number of benzene rings is 2. The van der Waals surface area contributed by atoms with Crippen molar-refractivity contribution >= 4 is 27.6 Å². The maximum Gasteiger partial charge on any atom is 0.333 e. The summed E-state index contributed by atoms with van der Waals surface area (Å²) in [6, 6.07) is 13.1. The Labute approximate surface area is 124 Å². The molecular formula is C15H13BrFNO2. The minimum absolute atomic E-state index is 0.0724. The van der Waals surface area contributed by atoms with E-state index < -0.39 is 17.3 Å². The predicted octanol–water partition coefficient (Wildman–Crippen LogP) is 4.00. The fourth-order valence-corrected chi connectivity index (χ4v) is 2.29. The standard InChI is InChI=1S/C15H13BrFNO2/c1-15(14(19)20,18-11-5-3-2-4-6-11)12-9-10(16)7-8-13(12)17/h2-9,18H,1H3,(H,19,20). The second kappa shape index (κ2) is 5.63. The predicted molar refractivity (Wildman–Crippen MR) is 79.2 cm³/mol. The van der Waals surface area contributed by atoms with Gasteiger partial charge in [0.15, 0.2) is 5.54 Å². The van der Waals surface area contributed by atoms with E-state index in [1.54, 1.807) is 24.3 Å². The third-order valence-electron chi connectivity index (χ3n) is 3.06. The van der Waals surface area contributed by atoms with Gasteiger partial charge in [0.25, 0.3) is 0 Å². The van der Waals surface area contributed by atoms with Crippen LogP contribution in [0, 0.1) is 5.82 Å². The van der Waals surface area contributed by atoms with E-state index in [0.717, 1.165) is 0 Å². The largest absolute Gasteiger partial charge is 0.479 e. The molecule has 2 aromatic carbocycles.